The van der Waals surface area contributed by atoms with Crippen molar-refractivity contribution in [1.29, 1.82) is 0 Å². The summed E-state index contributed by atoms with van der Waals surface area (Å²) in [4.78, 5) is 11.3. The monoisotopic (exact) mass is 190 g/mol. The van der Waals surface area contributed by atoms with Crippen LogP contribution in [0.25, 0.3) is 0 Å². The molecule has 0 saturated heterocycles. The first-order valence-corrected chi connectivity index (χ1v) is 5.36. The van der Waals surface area contributed by atoms with Crippen molar-refractivity contribution in [3.63, 3.8) is 0 Å². The normalized spacial score (nSPS) is 35.1. The second kappa shape index (κ2) is 2.82. The van der Waals surface area contributed by atoms with Gasteiger partial charge in [-0.15, -0.1) is 0 Å². The van der Waals surface area contributed by atoms with Gasteiger partial charge in [0.2, 0.25) is 0 Å². The van der Waals surface area contributed by atoms with E-state index >= 15 is 0 Å². The minimum absolute atomic E-state index is 0.242. The summed E-state index contributed by atoms with van der Waals surface area (Å²) in [6.07, 6.45) is 9.14. The van der Waals surface area contributed by atoms with Crippen molar-refractivity contribution in [2.45, 2.75) is 40.0 Å². The first-order valence-electron chi connectivity index (χ1n) is 5.36. The number of fused-ring (bicyclic) bond motifs is 1. The Balaban J connectivity index is 2.42. The maximum atomic E-state index is 11.3. The maximum absolute atomic E-state index is 11.3. The lowest BCUT2D eigenvalue weighted by molar-refractivity contribution is -0.115. The number of hydrogen-bond donors (Lipinski definition) is 0. The number of hydrogen-bond acceptors (Lipinski definition) is 1. The Morgan fingerprint density at radius 3 is 2.71 bits per heavy atom. The number of rotatable bonds is 0. The van der Waals surface area contributed by atoms with Gasteiger partial charge in [-0.2, -0.15) is 0 Å². The van der Waals surface area contributed by atoms with Crippen molar-refractivity contribution in [3.8, 4) is 0 Å². The summed E-state index contributed by atoms with van der Waals surface area (Å²) < 4.78 is 0. The standard InChI is InChI=1S/C13H18O/c1-12(2)6-4-10-8-11(14)5-7-13(10,3)9-12/h4,6,8H,5,7,9H2,1-3H3/t13-/m0/s1. The molecule has 0 aromatic carbocycles. The quantitative estimate of drug-likeness (QED) is 0.573. The Morgan fingerprint density at radius 2 is 2.00 bits per heavy atom. The van der Waals surface area contributed by atoms with Gasteiger partial charge in [0.1, 0.15) is 0 Å². The largest absolute Gasteiger partial charge is 0.295 e. The van der Waals surface area contributed by atoms with Crippen LogP contribution in [0, 0.1) is 10.8 Å². The van der Waals surface area contributed by atoms with Crippen molar-refractivity contribution in [3.05, 3.63) is 23.8 Å². The van der Waals surface area contributed by atoms with Gasteiger partial charge in [0.15, 0.2) is 5.78 Å². The number of carbonyl (C=O) groups is 1. The molecule has 1 atom stereocenters. The van der Waals surface area contributed by atoms with Crippen LogP contribution in [0.4, 0.5) is 0 Å². The van der Waals surface area contributed by atoms with Crippen LogP contribution < -0.4 is 0 Å². The Bertz CT molecular complexity index is 333. The van der Waals surface area contributed by atoms with Crippen LogP contribution in [-0.4, -0.2) is 5.78 Å². The van der Waals surface area contributed by atoms with E-state index in [1.54, 1.807) is 0 Å². The van der Waals surface area contributed by atoms with Crippen molar-refractivity contribution < 1.29 is 4.79 Å². The maximum Gasteiger partial charge on any atom is 0.156 e. The Kier molecular flexibility index (Phi) is 1.95. The van der Waals surface area contributed by atoms with Crippen LogP contribution >= 0.6 is 0 Å². The number of allylic oxidation sites excluding steroid dienone is 4. The highest BCUT2D eigenvalue weighted by Crippen LogP contribution is 2.49. The molecular weight excluding hydrogens is 172 g/mol. The summed E-state index contributed by atoms with van der Waals surface area (Å²) in [7, 11) is 0. The molecule has 0 amide bonds. The molecule has 14 heavy (non-hydrogen) atoms. The van der Waals surface area contributed by atoms with E-state index in [1.807, 2.05) is 6.08 Å². The minimum atomic E-state index is 0.242. The molecule has 76 valence electrons. The van der Waals surface area contributed by atoms with Crippen LogP contribution in [0.15, 0.2) is 23.8 Å². The van der Waals surface area contributed by atoms with E-state index in [0.29, 0.717) is 5.78 Å². The molecule has 1 heteroatoms. The molecule has 0 aliphatic heterocycles. The average molecular weight is 190 g/mol. The zero-order valence-corrected chi connectivity index (χ0v) is 9.26. The highest BCUT2D eigenvalue weighted by molar-refractivity contribution is 5.92. The second-order valence-electron chi connectivity index (χ2n) is 5.63. The van der Waals surface area contributed by atoms with Crippen LogP contribution in [0.2, 0.25) is 0 Å². The van der Waals surface area contributed by atoms with E-state index in [0.717, 1.165) is 19.3 Å². The third kappa shape index (κ3) is 1.56. The lowest BCUT2D eigenvalue weighted by Gasteiger charge is -2.42. The molecule has 0 unspecified atom stereocenters. The Morgan fingerprint density at radius 1 is 1.29 bits per heavy atom. The SMILES string of the molecule is CC1(C)C=CC2=CC(=O)CC[C@@]2(C)C1. The fraction of sp³-hybridized carbons (Fsp3) is 0.615. The predicted octanol–water partition coefficient (Wildman–Crippen LogP) is 3.27. The van der Waals surface area contributed by atoms with Crippen LogP contribution in [0.1, 0.15) is 40.0 Å². The van der Waals surface area contributed by atoms with E-state index in [2.05, 4.69) is 32.9 Å². The zero-order chi connectivity index (χ0) is 10.4. The predicted molar refractivity (Wildman–Crippen MR) is 58.0 cm³/mol. The molecule has 0 heterocycles. The van der Waals surface area contributed by atoms with E-state index in [1.165, 1.54) is 5.57 Å². The fourth-order valence-corrected chi connectivity index (χ4v) is 2.78. The highest BCUT2D eigenvalue weighted by Gasteiger charge is 2.39. The lowest BCUT2D eigenvalue weighted by atomic mass is 9.62. The minimum Gasteiger partial charge on any atom is -0.295 e. The molecule has 2 aliphatic rings. The third-order valence-electron chi connectivity index (χ3n) is 3.50. The molecule has 0 aromatic rings. The van der Waals surface area contributed by atoms with E-state index in [-0.39, 0.29) is 10.8 Å². The van der Waals surface area contributed by atoms with Gasteiger partial charge in [-0.1, -0.05) is 32.9 Å². The van der Waals surface area contributed by atoms with Gasteiger partial charge in [-0.05, 0) is 35.3 Å². The van der Waals surface area contributed by atoms with Gasteiger partial charge in [0.05, 0.1) is 0 Å². The van der Waals surface area contributed by atoms with Gasteiger partial charge < -0.3 is 0 Å². The van der Waals surface area contributed by atoms with Crippen LogP contribution in [0.5, 0.6) is 0 Å². The summed E-state index contributed by atoms with van der Waals surface area (Å²) in [5.41, 5.74) is 1.77. The molecule has 0 aromatic heterocycles. The summed E-state index contributed by atoms with van der Waals surface area (Å²) in [5, 5.41) is 0. The smallest absolute Gasteiger partial charge is 0.156 e. The van der Waals surface area contributed by atoms with E-state index in [4.69, 9.17) is 0 Å². The summed E-state index contributed by atoms with van der Waals surface area (Å²) >= 11 is 0. The van der Waals surface area contributed by atoms with Crippen LogP contribution in [-0.2, 0) is 4.79 Å². The number of carbonyl (C=O) groups excluding carboxylic acids is 1. The van der Waals surface area contributed by atoms with Crippen molar-refractivity contribution in [2.24, 2.45) is 10.8 Å². The van der Waals surface area contributed by atoms with E-state index < -0.39 is 0 Å². The first-order chi connectivity index (χ1) is 6.41. The van der Waals surface area contributed by atoms with Crippen molar-refractivity contribution in [2.75, 3.05) is 0 Å². The Hall–Kier alpha value is -0.850. The van der Waals surface area contributed by atoms with Gasteiger partial charge in [-0.3, -0.25) is 4.79 Å². The molecule has 1 nitrogen and oxygen atoms in total. The summed E-state index contributed by atoms with van der Waals surface area (Å²) in [6.45, 7) is 6.82. The summed E-state index contributed by atoms with van der Waals surface area (Å²) in [5.74, 6) is 0.293. The molecule has 0 spiro atoms. The molecule has 2 aliphatic carbocycles. The molecular formula is C13H18O. The topological polar surface area (TPSA) is 17.1 Å². The van der Waals surface area contributed by atoms with E-state index in [9.17, 15) is 4.79 Å². The molecule has 0 saturated carbocycles. The molecule has 2 rings (SSSR count). The van der Waals surface area contributed by atoms with Crippen LogP contribution in [0.3, 0.4) is 0 Å². The molecule has 0 radical (unpaired) electrons. The zero-order valence-electron chi connectivity index (χ0n) is 9.26. The van der Waals surface area contributed by atoms with Gasteiger partial charge in [-0.25, -0.2) is 0 Å². The average Bonchev–Trinajstić information content (AvgIpc) is 2.05. The highest BCUT2D eigenvalue weighted by atomic mass is 16.1. The Labute approximate surface area is 85.9 Å². The third-order valence-corrected chi connectivity index (χ3v) is 3.50. The lowest BCUT2D eigenvalue weighted by Crippen LogP contribution is -2.32. The summed E-state index contributed by atoms with van der Waals surface area (Å²) in [6, 6.07) is 0. The fourth-order valence-electron chi connectivity index (χ4n) is 2.78. The van der Waals surface area contributed by atoms with Gasteiger partial charge >= 0.3 is 0 Å². The number of ketones is 1. The van der Waals surface area contributed by atoms with Crippen molar-refractivity contribution in [1.82, 2.24) is 0 Å². The van der Waals surface area contributed by atoms with Gasteiger partial charge in [0, 0.05) is 6.42 Å². The molecule has 0 N–H and O–H groups in total. The van der Waals surface area contributed by atoms with Crippen molar-refractivity contribution >= 4 is 5.78 Å². The van der Waals surface area contributed by atoms with Gasteiger partial charge in [0.25, 0.3) is 0 Å². The second-order valence-corrected chi connectivity index (χ2v) is 5.63. The first kappa shape index (κ1) is 9.70. The molecule has 0 bridgehead atoms. The molecule has 0 fully saturated rings.